The van der Waals surface area contributed by atoms with Gasteiger partial charge in [-0.2, -0.15) is 0 Å². The number of nitrogens with two attached hydrogens (primary N) is 2. The minimum Gasteiger partial charge on any atom is -0.399 e. The van der Waals surface area contributed by atoms with Crippen LogP contribution in [-0.2, 0) is 17.8 Å². The van der Waals surface area contributed by atoms with Gasteiger partial charge in [0.1, 0.15) is 5.69 Å². The van der Waals surface area contributed by atoms with Gasteiger partial charge in [-0.05, 0) is 56.4 Å². The van der Waals surface area contributed by atoms with E-state index in [0.717, 1.165) is 6.42 Å². The number of anilines is 1. The van der Waals surface area contributed by atoms with E-state index in [9.17, 15) is 14.4 Å². The van der Waals surface area contributed by atoms with E-state index in [1.807, 2.05) is 4.57 Å². The molecule has 2 aliphatic rings. The van der Waals surface area contributed by atoms with Crippen molar-refractivity contribution in [2.75, 3.05) is 5.32 Å². The zero-order valence-electron chi connectivity index (χ0n) is 17.6. The highest BCUT2D eigenvalue weighted by Gasteiger charge is 2.48. The monoisotopic (exact) mass is 456 g/mol. The van der Waals surface area contributed by atoms with E-state index in [2.05, 4.69) is 16.1 Å². The maximum atomic E-state index is 13.2. The maximum Gasteiger partial charge on any atom is 0.293 e. The molecule has 1 fully saturated rings. The van der Waals surface area contributed by atoms with E-state index in [0.29, 0.717) is 59.2 Å². The summed E-state index contributed by atoms with van der Waals surface area (Å²) in [6.45, 7) is 2.30. The van der Waals surface area contributed by atoms with Crippen LogP contribution in [-0.4, -0.2) is 27.7 Å². The van der Waals surface area contributed by atoms with Gasteiger partial charge in [-0.1, -0.05) is 17.7 Å². The topological polar surface area (TPSA) is 144 Å². The molecule has 1 aromatic heterocycles. The second-order valence-corrected chi connectivity index (χ2v) is 8.58. The van der Waals surface area contributed by atoms with Crippen molar-refractivity contribution in [2.45, 2.75) is 44.7 Å². The molecule has 0 spiro atoms. The highest BCUT2D eigenvalue weighted by molar-refractivity contribution is 6.44. The second kappa shape index (κ2) is 8.33. The van der Waals surface area contributed by atoms with Crippen LogP contribution in [0.5, 0.6) is 0 Å². The lowest BCUT2D eigenvalue weighted by molar-refractivity contribution is -0.117. The van der Waals surface area contributed by atoms with E-state index in [1.54, 1.807) is 31.2 Å². The molecule has 1 aliphatic carbocycles. The number of nitrogens with zero attached hydrogens (tertiary/aromatic N) is 1. The number of rotatable bonds is 7. The molecule has 1 aromatic carbocycles. The number of ketones is 1. The SMILES string of the molecule is Cc1c(C(=O)C(=O)NC2(/C(N)=C/NN)CC2)c2n(c1C(=O)Nc1cccc(Cl)c1)CCC2. The Kier molecular flexibility index (Phi) is 5.70. The highest BCUT2D eigenvalue weighted by atomic mass is 35.5. The van der Waals surface area contributed by atoms with Crippen molar-refractivity contribution in [1.82, 2.24) is 15.3 Å². The molecule has 2 amide bonds. The first kappa shape index (κ1) is 21.9. The van der Waals surface area contributed by atoms with Crippen LogP contribution in [0.3, 0.4) is 0 Å². The van der Waals surface area contributed by atoms with Gasteiger partial charge in [0, 0.05) is 29.1 Å². The molecule has 0 saturated heterocycles. The lowest BCUT2D eigenvalue weighted by Gasteiger charge is -2.17. The molecule has 0 radical (unpaired) electrons. The van der Waals surface area contributed by atoms with Gasteiger partial charge in [-0.15, -0.1) is 0 Å². The molecular formula is C22H25ClN6O3. The van der Waals surface area contributed by atoms with Gasteiger partial charge in [0.15, 0.2) is 0 Å². The van der Waals surface area contributed by atoms with Crippen LogP contribution in [0.25, 0.3) is 0 Å². The first-order valence-corrected chi connectivity index (χ1v) is 10.7. The molecule has 0 bridgehead atoms. The normalized spacial score (nSPS) is 16.3. The number of nitrogens with one attached hydrogen (secondary N) is 3. The molecule has 32 heavy (non-hydrogen) atoms. The van der Waals surface area contributed by atoms with Gasteiger partial charge < -0.3 is 26.4 Å². The fourth-order valence-electron chi connectivity index (χ4n) is 4.30. The van der Waals surface area contributed by atoms with Crippen molar-refractivity contribution in [3.8, 4) is 0 Å². The molecule has 4 rings (SSSR count). The Bertz CT molecular complexity index is 1150. The molecule has 168 valence electrons. The first-order chi connectivity index (χ1) is 15.3. The number of Topliss-reactive ketones (excluding diaryl/α,β-unsaturated/α-hetero) is 1. The Morgan fingerprint density at radius 2 is 2.00 bits per heavy atom. The highest BCUT2D eigenvalue weighted by Crippen LogP contribution is 2.40. The van der Waals surface area contributed by atoms with Crippen LogP contribution in [0, 0.1) is 6.92 Å². The third kappa shape index (κ3) is 3.85. The number of hydrogen-bond donors (Lipinski definition) is 5. The summed E-state index contributed by atoms with van der Waals surface area (Å²) in [7, 11) is 0. The summed E-state index contributed by atoms with van der Waals surface area (Å²) in [4.78, 5) is 39.1. The van der Waals surface area contributed by atoms with Crippen LogP contribution < -0.4 is 27.6 Å². The lowest BCUT2D eigenvalue weighted by atomic mass is 10.0. The predicted molar refractivity (Wildman–Crippen MR) is 121 cm³/mol. The number of halogens is 1. The molecule has 7 N–H and O–H groups in total. The number of amides is 2. The van der Waals surface area contributed by atoms with Gasteiger partial charge in [-0.3, -0.25) is 20.2 Å². The fraction of sp³-hybridized carbons (Fsp3) is 0.318. The summed E-state index contributed by atoms with van der Waals surface area (Å²) in [5.41, 5.74) is 10.3. The molecule has 10 heteroatoms. The second-order valence-electron chi connectivity index (χ2n) is 8.15. The fourth-order valence-corrected chi connectivity index (χ4v) is 4.49. The Balaban J connectivity index is 1.61. The Morgan fingerprint density at radius 1 is 1.25 bits per heavy atom. The summed E-state index contributed by atoms with van der Waals surface area (Å²) in [6.07, 6.45) is 4.05. The average molecular weight is 457 g/mol. The number of hydrogen-bond acceptors (Lipinski definition) is 6. The van der Waals surface area contributed by atoms with Crippen molar-refractivity contribution >= 4 is 34.9 Å². The standard InChI is InChI=1S/C22H25ClN6O3/c1-12-17(19(30)21(32)28-22(7-8-22)16(24)11-26-25)15-6-3-9-29(15)18(12)20(31)27-14-5-2-4-13(23)10-14/h2,4-5,10-11,26H,3,6-9,24-25H2,1H3,(H,27,31)(H,28,32)/b16-11-. The van der Waals surface area contributed by atoms with Crippen molar-refractivity contribution in [1.29, 1.82) is 0 Å². The van der Waals surface area contributed by atoms with Gasteiger partial charge >= 0.3 is 0 Å². The third-order valence-corrected chi connectivity index (χ3v) is 6.27. The van der Waals surface area contributed by atoms with E-state index < -0.39 is 17.2 Å². The van der Waals surface area contributed by atoms with E-state index in [1.165, 1.54) is 6.20 Å². The summed E-state index contributed by atoms with van der Waals surface area (Å²) >= 11 is 6.01. The van der Waals surface area contributed by atoms with E-state index in [4.69, 9.17) is 23.2 Å². The Morgan fingerprint density at radius 3 is 2.66 bits per heavy atom. The van der Waals surface area contributed by atoms with Gasteiger partial charge in [0.25, 0.3) is 17.6 Å². The number of carbonyl (C=O) groups is 3. The Hall–Kier alpha value is -3.30. The van der Waals surface area contributed by atoms with Crippen molar-refractivity contribution in [2.24, 2.45) is 11.6 Å². The predicted octanol–water partition coefficient (Wildman–Crippen LogP) is 1.74. The third-order valence-electron chi connectivity index (χ3n) is 6.03. The van der Waals surface area contributed by atoms with Crippen LogP contribution in [0.4, 0.5) is 5.69 Å². The maximum absolute atomic E-state index is 13.2. The zero-order chi connectivity index (χ0) is 23.0. The molecule has 1 aliphatic heterocycles. The molecule has 0 unspecified atom stereocenters. The van der Waals surface area contributed by atoms with Crippen LogP contribution >= 0.6 is 11.6 Å². The van der Waals surface area contributed by atoms with Gasteiger partial charge in [0.2, 0.25) is 0 Å². The van der Waals surface area contributed by atoms with Gasteiger partial charge in [0.05, 0.1) is 16.8 Å². The smallest absolute Gasteiger partial charge is 0.293 e. The van der Waals surface area contributed by atoms with Crippen molar-refractivity contribution < 1.29 is 14.4 Å². The number of carbonyl (C=O) groups excluding carboxylic acids is 3. The number of fused-ring (bicyclic) bond motifs is 1. The molecule has 9 nitrogen and oxygen atoms in total. The number of benzene rings is 1. The van der Waals surface area contributed by atoms with E-state index >= 15 is 0 Å². The Labute approximate surface area is 190 Å². The molecule has 0 atom stereocenters. The molecule has 1 saturated carbocycles. The average Bonchev–Trinajstić information content (AvgIpc) is 3.28. The summed E-state index contributed by atoms with van der Waals surface area (Å²) < 4.78 is 1.83. The molecule has 2 heterocycles. The minimum absolute atomic E-state index is 0.284. The zero-order valence-corrected chi connectivity index (χ0v) is 18.4. The minimum atomic E-state index is -0.761. The molecule has 2 aromatic rings. The summed E-state index contributed by atoms with van der Waals surface area (Å²) in [6, 6.07) is 6.83. The van der Waals surface area contributed by atoms with Crippen LogP contribution in [0.2, 0.25) is 5.02 Å². The summed E-state index contributed by atoms with van der Waals surface area (Å²) in [5.74, 6) is 3.50. The van der Waals surface area contributed by atoms with Crippen LogP contribution in [0.15, 0.2) is 36.2 Å². The first-order valence-electron chi connectivity index (χ1n) is 10.4. The lowest BCUT2D eigenvalue weighted by Crippen LogP contribution is -2.45. The molecular weight excluding hydrogens is 432 g/mol. The number of aromatic nitrogens is 1. The van der Waals surface area contributed by atoms with Gasteiger partial charge in [-0.25, -0.2) is 0 Å². The van der Waals surface area contributed by atoms with Crippen molar-refractivity contribution in [3.63, 3.8) is 0 Å². The summed E-state index contributed by atoms with van der Waals surface area (Å²) in [5, 5.41) is 6.08. The van der Waals surface area contributed by atoms with E-state index in [-0.39, 0.29) is 11.5 Å². The van der Waals surface area contributed by atoms with Crippen LogP contribution in [0.1, 0.15) is 51.4 Å². The van der Waals surface area contributed by atoms with Crippen molar-refractivity contribution in [3.05, 3.63) is 63.7 Å². The largest absolute Gasteiger partial charge is 0.399 e. The quantitative estimate of drug-likeness (QED) is 0.186. The number of hydrazine groups is 1.